The first-order chi connectivity index (χ1) is 9.75. The van der Waals surface area contributed by atoms with Crippen molar-refractivity contribution in [2.45, 2.75) is 19.4 Å². The monoisotopic (exact) mass is 262 g/mol. The van der Waals surface area contributed by atoms with Gasteiger partial charge < -0.3 is 5.73 Å². The second-order valence-electron chi connectivity index (χ2n) is 5.15. The summed E-state index contributed by atoms with van der Waals surface area (Å²) in [4.78, 5) is 4.39. The Labute approximate surface area is 119 Å². The van der Waals surface area contributed by atoms with E-state index in [4.69, 9.17) is 5.73 Å². The van der Waals surface area contributed by atoms with Crippen LogP contribution in [-0.4, -0.2) is 4.98 Å². The van der Waals surface area contributed by atoms with Crippen molar-refractivity contribution < 1.29 is 0 Å². The van der Waals surface area contributed by atoms with Crippen LogP contribution in [0.3, 0.4) is 0 Å². The SMILES string of the molecule is Cc1ccccc1CC(N)c1ccnc2ccccc12. The molecular formula is C18H18N2. The fraction of sp³-hybridized carbons (Fsp3) is 0.167. The van der Waals surface area contributed by atoms with Gasteiger partial charge in [0.25, 0.3) is 0 Å². The molecule has 2 aromatic carbocycles. The summed E-state index contributed by atoms with van der Waals surface area (Å²) in [5.74, 6) is 0. The van der Waals surface area contributed by atoms with Crippen molar-refractivity contribution in [2.75, 3.05) is 0 Å². The number of fused-ring (bicyclic) bond motifs is 1. The lowest BCUT2D eigenvalue weighted by Gasteiger charge is -2.15. The lowest BCUT2D eigenvalue weighted by atomic mass is 9.95. The number of aromatic nitrogens is 1. The third kappa shape index (κ3) is 2.43. The molecule has 100 valence electrons. The van der Waals surface area contributed by atoms with Crippen LogP contribution in [0.4, 0.5) is 0 Å². The topological polar surface area (TPSA) is 38.9 Å². The first-order valence-electron chi connectivity index (χ1n) is 6.89. The highest BCUT2D eigenvalue weighted by atomic mass is 14.7. The maximum absolute atomic E-state index is 6.43. The lowest BCUT2D eigenvalue weighted by molar-refractivity contribution is 0.724. The number of rotatable bonds is 3. The van der Waals surface area contributed by atoms with Gasteiger partial charge in [-0.2, -0.15) is 0 Å². The summed E-state index contributed by atoms with van der Waals surface area (Å²) < 4.78 is 0. The lowest BCUT2D eigenvalue weighted by Crippen LogP contribution is -2.14. The van der Waals surface area contributed by atoms with Crippen molar-refractivity contribution in [1.29, 1.82) is 0 Å². The average molecular weight is 262 g/mol. The summed E-state index contributed by atoms with van der Waals surface area (Å²) in [5, 5.41) is 1.15. The van der Waals surface area contributed by atoms with Crippen LogP contribution in [0.2, 0.25) is 0 Å². The molecule has 0 aliphatic carbocycles. The Bertz CT molecular complexity index is 729. The van der Waals surface area contributed by atoms with Gasteiger partial charge >= 0.3 is 0 Å². The van der Waals surface area contributed by atoms with Crippen molar-refractivity contribution in [3.05, 3.63) is 77.5 Å². The molecule has 20 heavy (non-hydrogen) atoms. The van der Waals surface area contributed by atoms with Crippen LogP contribution in [0.1, 0.15) is 22.7 Å². The number of nitrogens with two attached hydrogens (primary N) is 1. The van der Waals surface area contributed by atoms with Gasteiger partial charge in [0.1, 0.15) is 0 Å². The molecule has 2 N–H and O–H groups in total. The Morgan fingerprint density at radius 1 is 1.00 bits per heavy atom. The molecule has 0 fully saturated rings. The molecule has 0 radical (unpaired) electrons. The molecule has 3 aromatic rings. The quantitative estimate of drug-likeness (QED) is 0.780. The molecule has 0 bridgehead atoms. The fourth-order valence-electron chi connectivity index (χ4n) is 2.63. The zero-order valence-corrected chi connectivity index (χ0v) is 11.6. The van der Waals surface area contributed by atoms with Crippen LogP contribution in [0.25, 0.3) is 10.9 Å². The zero-order valence-electron chi connectivity index (χ0n) is 11.6. The van der Waals surface area contributed by atoms with Crippen LogP contribution >= 0.6 is 0 Å². The first kappa shape index (κ1) is 12.8. The normalized spacial score (nSPS) is 12.5. The van der Waals surface area contributed by atoms with Gasteiger partial charge in [-0.3, -0.25) is 4.98 Å². The van der Waals surface area contributed by atoms with E-state index in [2.05, 4.69) is 42.2 Å². The van der Waals surface area contributed by atoms with Crippen LogP contribution < -0.4 is 5.73 Å². The van der Waals surface area contributed by atoms with Gasteiger partial charge in [-0.05, 0) is 42.2 Å². The molecule has 3 rings (SSSR count). The molecule has 1 heterocycles. The van der Waals surface area contributed by atoms with E-state index in [0.29, 0.717) is 0 Å². The molecule has 1 aromatic heterocycles. The van der Waals surface area contributed by atoms with E-state index in [0.717, 1.165) is 17.3 Å². The molecule has 0 aliphatic heterocycles. The van der Waals surface area contributed by atoms with Crippen LogP contribution in [-0.2, 0) is 6.42 Å². The Morgan fingerprint density at radius 3 is 2.60 bits per heavy atom. The second kappa shape index (κ2) is 5.43. The smallest absolute Gasteiger partial charge is 0.0705 e. The number of para-hydroxylation sites is 1. The van der Waals surface area contributed by atoms with Crippen molar-refractivity contribution in [3.63, 3.8) is 0 Å². The Kier molecular flexibility index (Phi) is 3.48. The average Bonchev–Trinajstić information content (AvgIpc) is 2.49. The molecule has 0 spiro atoms. The molecule has 2 heteroatoms. The predicted molar refractivity (Wildman–Crippen MR) is 83.6 cm³/mol. The standard InChI is InChI=1S/C18H18N2/c1-13-6-2-3-7-14(13)12-17(19)15-10-11-20-18-9-5-4-8-16(15)18/h2-11,17H,12,19H2,1H3. The minimum absolute atomic E-state index is 0.0102. The molecule has 0 amide bonds. The van der Waals surface area contributed by atoms with Crippen molar-refractivity contribution in [2.24, 2.45) is 5.73 Å². The van der Waals surface area contributed by atoms with E-state index in [1.165, 1.54) is 16.7 Å². The largest absolute Gasteiger partial charge is 0.324 e. The van der Waals surface area contributed by atoms with Gasteiger partial charge in [-0.15, -0.1) is 0 Å². The Hall–Kier alpha value is -2.19. The molecular weight excluding hydrogens is 244 g/mol. The van der Waals surface area contributed by atoms with E-state index in [-0.39, 0.29) is 6.04 Å². The van der Waals surface area contributed by atoms with Crippen LogP contribution in [0.15, 0.2) is 60.8 Å². The number of pyridine rings is 1. The summed E-state index contributed by atoms with van der Waals surface area (Å²) in [6.45, 7) is 2.13. The highest BCUT2D eigenvalue weighted by molar-refractivity contribution is 5.82. The third-order valence-corrected chi connectivity index (χ3v) is 3.78. The maximum Gasteiger partial charge on any atom is 0.0705 e. The number of nitrogens with zero attached hydrogens (tertiary/aromatic N) is 1. The molecule has 0 saturated carbocycles. The van der Waals surface area contributed by atoms with E-state index in [9.17, 15) is 0 Å². The minimum atomic E-state index is -0.0102. The highest BCUT2D eigenvalue weighted by Gasteiger charge is 2.11. The van der Waals surface area contributed by atoms with E-state index >= 15 is 0 Å². The summed E-state index contributed by atoms with van der Waals surface area (Å²) in [5.41, 5.74) is 11.2. The number of hydrogen-bond donors (Lipinski definition) is 1. The fourth-order valence-corrected chi connectivity index (χ4v) is 2.63. The summed E-state index contributed by atoms with van der Waals surface area (Å²) in [7, 11) is 0. The van der Waals surface area contributed by atoms with E-state index < -0.39 is 0 Å². The molecule has 0 saturated heterocycles. The van der Waals surface area contributed by atoms with Gasteiger partial charge in [-0.25, -0.2) is 0 Å². The van der Waals surface area contributed by atoms with Crippen molar-refractivity contribution >= 4 is 10.9 Å². The van der Waals surface area contributed by atoms with Gasteiger partial charge in [0.15, 0.2) is 0 Å². The molecule has 1 atom stereocenters. The summed E-state index contributed by atoms with van der Waals surface area (Å²) >= 11 is 0. The van der Waals surface area contributed by atoms with E-state index in [1.807, 2.05) is 30.5 Å². The Morgan fingerprint density at radius 2 is 1.75 bits per heavy atom. The van der Waals surface area contributed by atoms with Gasteiger partial charge in [-0.1, -0.05) is 42.5 Å². The third-order valence-electron chi connectivity index (χ3n) is 3.78. The molecule has 0 aliphatic rings. The number of benzene rings is 2. The minimum Gasteiger partial charge on any atom is -0.324 e. The van der Waals surface area contributed by atoms with Crippen molar-refractivity contribution in [3.8, 4) is 0 Å². The number of aryl methyl sites for hydroxylation is 1. The first-order valence-corrected chi connectivity index (χ1v) is 6.89. The number of hydrogen-bond acceptors (Lipinski definition) is 2. The van der Waals surface area contributed by atoms with Crippen molar-refractivity contribution in [1.82, 2.24) is 4.98 Å². The van der Waals surface area contributed by atoms with Gasteiger partial charge in [0, 0.05) is 17.6 Å². The second-order valence-corrected chi connectivity index (χ2v) is 5.15. The van der Waals surface area contributed by atoms with Crippen LogP contribution in [0.5, 0.6) is 0 Å². The summed E-state index contributed by atoms with van der Waals surface area (Å²) in [6.07, 6.45) is 2.69. The Balaban J connectivity index is 1.97. The van der Waals surface area contributed by atoms with Gasteiger partial charge in [0.2, 0.25) is 0 Å². The molecule has 2 nitrogen and oxygen atoms in total. The van der Waals surface area contributed by atoms with E-state index in [1.54, 1.807) is 0 Å². The predicted octanol–water partition coefficient (Wildman–Crippen LogP) is 3.79. The molecule has 1 unspecified atom stereocenters. The highest BCUT2D eigenvalue weighted by Crippen LogP contribution is 2.24. The zero-order chi connectivity index (χ0) is 13.9. The maximum atomic E-state index is 6.43. The van der Waals surface area contributed by atoms with Crippen LogP contribution in [0, 0.1) is 6.92 Å². The van der Waals surface area contributed by atoms with Gasteiger partial charge in [0.05, 0.1) is 5.52 Å². The summed E-state index contributed by atoms with van der Waals surface area (Å²) in [6, 6.07) is 18.6.